The number of nitrogens with one attached hydrogen (secondary N) is 1. The number of aromatic nitrogens is 4. The lowest BCUT2D eigenvalue weighted by atomic mass is 10.3. The van der Waals surface area contributed by atoms with E-state index in [1.165, 1.54) is 15.5 Å². The second kappa shape index (κ2) is 3.70. The van der Waals surface area contributed by atoms with E-state index in [9.17, 15) is 4.79 Å². The molecule has 3 aromatic heterocycles. The van der Waals surface area contributed by atoms with E-state index in [0.717, 1.165) is 0 Å². The number of nitrogen functional groups attached to an aromatic ring is 1. The van der Waals surface area contributed by atoms with Gasteiger partial charge in [0.15, 0.2) is 5.82 Å². The molecule has 0 fully saturated rings. The number of thiophene rings is 1. The molecular formula is C10H9N5OS. The van der Waals surface area contributed by atoms with Gasteiger partial charge in [0.2, 0.25) is 5.78 Å². The van der Waals surface area contributed by atoms with Gasteiger partial charge in [-0.05, 0) is 11.4 Å². The Bertz CT molecular complexity index is 712. The first-order valence-corrected chi connectivity index (χ1v) is 5.87. The highest BCUT2D eigenvalue weighted by Gasteiger charge is 2.08. The zero-order chi connectivity index (χ0) is 11.8. The van der Waals surface area contributed by atoms with E-state index < -0.39 is 0 Å². The summed E-state index contributed by atoms with van der Waals surface area (Å²) in [6.45, 7) is 0. The Morgan fingerprint density at radius 1 is 1.53 bits per heavy atom. The van der Waals surface area contributed by atoms with Crippen LogP contribution in [0, 0.1) is 0 Å². The van der Waals surface area contributed by atoms with Crippen LogP contribution in [0.2, 0.25) is 0 Å². The molecule has 0 spiro atoms. The number of hydrogen-bond acceptors (Lipinski definition) is 5. The lowest BCUT2D eigenvalue weighted by Crippen LogP contribution is -2.11. The molecular weight excluding hydrogens is 238 g/mol. The molecule has 7 heteroatoms. The van der Waals surface area contributed by atoms with E-state index in [4.69, 9.17) is 5.73 Å². The lowest BCUT2D eigenvalue weighted by Gasteiger charge is -1.93. The Balaban J connectivity index is 2.08. The second-order valence-corrected chi connectivity index (χ2v) is 4.61. The van der Waals surface area contributed by atoms with Crippen LogP contribution >= 0.6 is 11.3 Å². The monoisotopic (exact) mass is 247 g/mol. The summed E-state index contributed by atoms with van der Waals surface area (Å²) in [7, 11) is 0. The SMILES string of the molecule is Nc1cc(=O)[nH]c2nc(Cc3cccs3)nn12. The molecule has 0 bridgehead atoms. The number of fused-ring (bicyclic) bond motifs is 1. The Morgan fingerprint density at radius 2 is 2.41 bits per heavy atom. The van der Waals surface area contributed by atoms with Crippen LogP contribution < -0.4 is 11.3 Å². The third-order valence-corrected chi connectivity index (χ3v) is 3.20. The normalized spacial score (nSPS) is 11.1. The Morgan fingerprint density at radius 3 is 3.18 bits per heavy atom. The van der Waals surface area contributed by atoms with Gasteiger partial charge in [-0.2, -0.15) is 9.50 Å². The average molecular weight is 247 g/mol. The van der Waals surface area contributed by atoms with E-state index in [-0.39, 0.29) is 11.4 Å². The van der Waals surface area contributed by atoms with Gasteiger partial charge in [0.25, 0.3) is 5.56 Å². The van der Waals surface area contributed by atoms with Crippen LogP contribution in [-0.2, 0) is 6.42 Å². The molecule has 3 aromatic rings. The van der Waals surface area contributed by atoms with Crippen LogP contribution in [0.3, 0.4) is 0 Å². The summed E-state index contributed by atoms with van der Waals surface area (Å²) in [5, 5.41) is 6.25. The number of anilines is 1. The molecule has 0 saturated heterocycles. The summed E-state index contributed by atoms with van der Waals surface area (Å²) in [6.07, 6.45) is 0.640. The number of aromatic amines is 1. The second-order valence-electron chi connectivity index (χ2n) is 3.58. The first-order chi connectivity index (χ1) is 8.22. The molecule has 17 heavy (non-hydrogen) atoms. The summed E-state index contributed by atoms with van der Waals surface area (Å²) < 4.78 is 1.43. The number of nitrogens with zero attached hydrogens (tertiary/aromatic N) is 3. The van der Waals surface area contributed by atoms with Crippen molar-refractivity contribution >= 4 is 22.9 Å². The summed E-state index contributed by atoms with van der Waals surface area (Å²) in [6, 6.07) is 5.28. The third-order valence-electron chi connectivity index (χ3n) is 2.32. The first-order valence-electron chi connectivity index (χ1n) is 4.99. The van der Waals surface area contributed by atoms with Crippen LogP contribution in [0.25, 0.3) is 5.78 Å². The van der Waals surface area contributed by atoms with Crippen molar-refractivity contribution in [2.24, 2.45) is 0 Å². The first kappa shape index (κ1) is 10.0. The smallest absolute Gasteiger partial charge is 0.254 e. The molecule has 6 nitrogen and oxygen atoms in total. The molecule has 0 radical (unpaired) electrons. The van der Waals surface area contributed by atoms with Gasteiger partial charge in [-0.3, -0.25) is 9.78 Å². The van der Waals surface area contributed by atoms with Gasteiger partial charge in [0.1, 0.15) is 5.82 Å². The molecule has 0 aliphatic heterocycles. The van der Waals surface area contributed by atoms with Crippen LogP contribution in [0.5, 0.6) is 0 Å². The Labute approximate surface area is 99.7 Å². The van der Waals surface area contributed by atoms with Crippen molar-refractivity contribution in [1.82, 2.24) is 19.6 Å². The molecule has 3 N–H and O–H groups in total. The fourth-order valence-corrected chi connectivity index (χ4v) is 2.30. The van der Waals surface area contributed by atoms with Crippen molar-refractivity contribution in [2.45, 2.75) is 6.42 Å². The van der Waals surface area contributed by atoms with E-state index >= 15 is 0 Å². The van der Waals surface area contributed by atoms with Crippen molar-refractivity contribution in [3.8, 4) is 0 Å². The van der Waals surface area contributed by atoms with E-state index in [0.29, 0.717) is 18.0 Å². The molecule has 3 heterocycles. The van der Waals surface area contributed by atoms with Crippen molar-refractivity contribution in [3.05, 3.63) is 44.6 Å². The number of nitrogens with two attached hydrogens (primary N) is 1. The number of hydrogen-bond donors (Lipinski definition) is 2. The van der Waals surface area contributed by atoms with Crippen LogP contribution in [0.1, 0.15) is 10.7 Å². The van der Waals surface area contributed by atoms with E-state index in [1.54, 1.807) is 11.3 Å². The van der Waals surface area contributed by atoms with E-state index in [1.807, 2.05) is 17.5 Å². The van der Waals surface area contributed by atoms with Crippen molar-refractivity contribution in [2.75, 3.05) is 5.73 Å². The zero-order valence-electron chi connectivity index (χ0n) is 8.75. The molecule has 3 rings (SSSR count). The lowest BCUT2D eigenvalue weighted by molar-refractivity contribution is 0.901. The van der Waals surface area contributed by atoms with Crippen LogP contribution in [-0.4, -0.2) is 19.6 Å². The fraction of sp³-hybridized carbons (Fsp3) is 0.100. The highest BCUT2D eigenvalue weighted by Crippen LogP contribution is 2.13. The average Bonchev–Trinajstić information content (AvgIpc) is 2.87. The molecule has 0 atom stereocenters. The van der Waals surface area contributed by atoms with Crippen molar-refractivity contribution < 1.29 is 0 Å². The standard InChI is InChI=1S/C10H9N5OS/c11-7-5-9(16)13-10-12-8(14-15(7)10)4-6-2-1-3-17-6/h1-3,5H,4,11H2,(H,12,13,14,16). The van der Waals surface area contributed by atoms with Gasteiger partial charge in [-0.15, -0.1) is 16.4 Å². The zero-order valence-corrected chi connectivity index (χ0v) is 9.57. The molecule has 0 unspecified atom stereocenters. The topological polar surface area (TPSA) is 89.1 Å². The van der Waals surface area contributed by atoms with Gasteiger partial charge in [-0.1, -0.05) is 6.07 Å². The predicted octanol–water partition coefficient (Wildman–Crippen LogP) is 0.652. The predicted molar refractivity (Wildman–Crippen MR) is 65.1 cm³/mol. The van der Waals surface area contributed by atoms with Gasteiger partial charge in [0, 0.05) is 17.4 Å². The molecule has 86 valence electrons. The van der Waals surface area contributed by atoms with Crippen LogP contribution in [0.15, 0.2) is 28.4 Å². The van der Waals surface area contributed by atoms with E-state index in [2.05, 4.69) is 15.1 Å². The Kier molecular flexibility index (Phi) is 2.19. The highest BCUT2D eigenvalue weighted by molar-refractivity contribution is 7.09. The van der Waals surface area contributed by atoms with Gasteiger partial charge in [-0.25, -0.2) is 0 Å². The third kappa shape index (κ3) is 1.80. The maximum Gasteiger partial charge on any atom is 0.254 e. The summed E-state index contributed by atoms with van der Waals surface area (Å²) in [5.74, 6) is 1.30. The largest absolute Gasteiger partial charge is 0.383 e. The summed E-state index contributed by atoms with van der Waals surface area (Å²) in [5.41, 5.74) is 5.41. The minimum absolute atomic E-state index is 0.273. The van der Waals surface area contributed by atoms with Gasteiger partial charge in [0.05, 0.1) is 0 Å². The molecule has 0 aromatic carbocycles. The molecule has 0 saturated carbocycles. The minimum atomic E-state index is -0.273. The van der Waals surface area contributed by atoms with Gasteiger partial charge >= 0.3 is 0 Å². The molecule has 0 aliphatic carbocycles. The Hall–Kier alpha value is -2.15. The maximum atomic E-state index is 11.2. The van der Waals surface area contributed by atoms with Crippen molar-refractivity contribution in [3.63, 3.8) is 0 Å². The van der Waals surface area contributed by atoms with Crippen molar-refractivity contribution in [1.29, 1.82) is 0 Å². The maximum absolute atomic E-state index is 11.2. The quantitative estimate of drug-likeness (QED) is 0.696. The molecule has 0 amide bonds. The minimum Gasteiger partial charge on any atom is -0.383 e. The molecule has 0 aliphatic rings. The van der Waals surface area contributed by atoms with Gasteiger partial charge < -0.3 is 5.73 Å². The summed E-state index contributed by atoms with van der Waals surface area (Å²) in [4.78, 5) is 19.2. The van der Waals surface area contributed by atoms with Crippen LogP contribution in [0.4, 0.5) is 5.82 Å². The fourth-order valence-electron chi connectivity index (χ4n) is 1.60. The number of rotatable bonds is 2. The summed E-state index contributed by atoms with van der Waals surface area (Å²) >= 11 is 1.64. The number of H-pyrrole nitrogens is 1. The highest BCUT2D eigenvalue weighted by atomic mass is 32.1.